The van der Waals surface area contributed by atoms with Gasteiger partial charge in [0.05, 0.1) is 19.3 Å². The molecule has 112 valence electrons. The van der Waals surface area contributed by atoms with Crippen molar-refractivity contribution >= 4 is 5.91 Å². The summed E-state index contributed by atoms with van der Waals surface area (Å²) in [6, 6.07) is -0.0752. The Balaban J connectivity index is 2.28. The molecular weight excluding hydrogens is 240 g/mol. The summed E-state index contributed by atoms with van der Waals surface area (Å²) in [5.41, 5.74) is 0. The summed E-state index contributed by atoms with van der Waals surface area (Å²) in [6.07, 6.45) is 4.98. The van der Waals surface area contributed by atoms with Gasteiger partial charge in [-0.25, -0.2) is 0 Å². The van der Waals surface area contributed by atoms with Crippen LogP contribution in [0.1, 0.15) is 46.5 Å². The molecule has 0 aliphatic carbocycles. The van der Waals surface area contributed by atoms with E-state index >= 15 is 0 Å². The molecule has 0 saturated carbocycles. The number of hydrogen-bond donors (Lipinski definition) is 1. The molecule has 1 heterocycles. The van der Waals surface area contributed by atoms with E-state index in [2.05, 4.69) is 19.2 Å². The normalized spacial score (nSPS) is 19.2. The minimum Gasteiger partial charge on any atom is -0.378 e. The second kappa shape index (κ2) is 9.32. The van der Waals surface area contributed by atoms with Crippen LogP contribution in [-0.4, -0.2) is 49.7 Å². The van der Waals surface area contributed by atoms with Crippen molar-refractivity contribution in [2.24, 2.45) is 5.92 Å². The number of hydrogen-bond acceptors (Lipinski definition) is 3. The van der Waals surface area contributed by atoms with Crippen molar-refractivity contribution in [3.8, 4) is 0 Å². The van der Waals surface area contributed by atoms with Crippen molar-refractivity contribution in [1.82, 2.24) is 10.2 Å². The number of nitrogens with one attached hydrogen (secondary N) is 1. The third-order valence-electron chi connectivity index (χ3n) is 3.95. The highest BCUT2D eigenvalue weighted by Gasteiger charge is 2.22. The predicted octanol–water partition coefficient (Wildman–Crippen LogP) is 2.04. The van der Waals surface area contributed by atoms with Gasteiger partial charge in [0.1, 0.15) is 0 Å². The summed E-state index contributed by atoms with van der Waals surface area (Å²) in [7, 11) is 0. The summed E-state index contributed by atoms with van der Waals surface area (Å²) < 4.78 is 5.28. The van der Waals surface area contributed by atoms with E-state index in [0.29, 0.717) is 19.1 Å². The average molecular weight is 270 g/mol. The molecule has 1 saturated heterocycles. The maximum Gasteiger partial charge on any atom is 0.239 e. The van der Waals surface area contributed by atoms with Crippen molar-refractivity contribution in [1.29, 1.82) is 0 Å². The number of carbonyl (C=O) groups is 1. The lowest BCUT2D eigenvalue weighted by molar-refractivity contribution is -0.137. The Kier molecular flexibility index (Phi) is 8.07. The van der Waals surface area contributed by atoms with Crippen molar-refractivity contribution in [3.63, 3.8) is 0 Å². The number of nitrogens with zero attached hydrogens (tertiary/aromatic N) is 1. The first-order valence-electron chi connectivity index (χ1n) is 7.78. The predicted molar refractivity (Wildman–Crippen MR) is 78.2 cm³/mol. The van der Waals surface area contributed by atoms with E-state index in [9.17, 15) is 4.79 Å². The van der Waals surface area contributed by atoms with E-state index in [1.807, 2.05) is 11.8 Å². The molecule has 2 unspecified atom stereocenters. The molecule has 1 amide bonds. The van der Waals surface area contributed by atoms with Crippen LogP contribution in [0.2, 0.25) is 0 Å². The number of carbonyl (C=O) groups excluding carboxylic acids is 1. The van der Waals surface area contributed by atoms with Gasteiger partial charge in [0, 0.05) is 13.1 Å². The zero-order valence-corrected chi connectivity index (χ0v) is 12.8. The Labute approximate surface area is 117 Å². The molecule has 1 fully saturated rings. The highest BCUT2D eigenvalue weighted by molar-refractivity contribution is 5.81. The Morgan fingerprint density at radius 3 is 2.58 bits per heavy atom. The topological polar surface area (TPSA) is 41.6 Å². The van der Waals surface area contributed by atoms with Crippen LogP contribution in [0.25, 0.3) is 0 Å². The molecule has 1 aliphatic rings. The van der Waals surface area contributed by atoms with Gasteiger partial charge in [-0.2, -0.15) is 0 Å². The van der Waals surface area contributed by atoms with E-state index in [4.69, 9.17) is 4.74 Å². The molecule has 1 N–H and O–H groups in total. The maximum atomic E-state index is 12.2. The molecule has 0 aromatic rings. The summed E-state index contributed by atoms with van der Waals surface area (Å²) in [4.78, 5) is 14.1. The van der Waals surface area contributed by atoms with Gasteiger partial charge < -0.3 is 15.0 Å². The molecule has 4 heteroatoms. The molecule has 2 atom stereocenters. The van der Waals surface area contributed by atoms with Crippen molar-refractivity contribution in [3.05, 3.63) is 0 Å². The zero-order valence-electron chi connectivity index (χ0n) is 12.8. The van der Waals surface area contributed by atoms with Gasteiger partial charge in [0.2, 0.25) is 5.91 Å². The van der Waals surface area contributed by atoms with Crippen LogP contribution in [0.15, 0.2) is 0 Å². The SMILES string of the molecule is CCCCC(CC)CNC(C)C(=O)N1CCOCC1. The fourth-order valence-corrected chi connectivity index (χ4v) is 2.43. The lowest BCUT2D eigenvalue weighted by Gasteiger charge is -2.30. The first-order valence-corrected chi connectivity index (χ1v) is 7.78. The second-order valence-electron chi connectivity index (χ2n) is 5.48. The number of ether oxygens (including phenoxy) is 1. The highest BCUT2D eigenvalue weighted by atomic mass is 16.5. The summed E-state index contributed by atoms with van der Waals surface area (Å²) >= 11 is 0. The maximum absolute atomic E-state index is 12.2. The molecule has 0 aromatic heterocycles. The molecule has 1 rings (SSSR count). The molecule has 0 aromatic carbocycles. The summed E-state index contributed by atoms with van der Waals surface area (Å²) in [5.74, 6) is 0.911. The lowest BCUT2D eigenvalue weighted by Crippen LogP contribution is -2.49. The summed E-state index contributed by atoms with van der Waals surface area (Å²) in [6.45, 7) is 10.2. The van der Waals surface area contributed by atoms with Gasteiger partial charge in [0.25, 0.3) is 0 Å². The monoisotopic (exact) mass is 270 g/mol. The average Bonchev–Trinajstić information content (AvgIpc) is 2.47. The first kappa shape index (κ1) is 16.4. The van der Waals surface area contributed by atoms with Crippen LogP contribution in [0, 0.1) is 5.92 Å². The Morgan fingerprint density at radius 1 is 1.32 bits per heavy atom. The standard InChI is InChI=1S/C15H30N2O2/c1-4-6-7-14(5-2)12-16-13(3)15(18)17-8-10-19-11-9-17/h13-14,16H,4-12H2,1-3H3. The Bertz CT molecular complexity index is 253. The molecule has 1 aliphatic heterocycles. The van der Waals surface area contributed by atoms with Crippen LogP contribution in [0.3, 0.4) is 0 Å². The molecule has 19 heavy (non-hydrogen) atoms. The van der Waals surface area contributed by atoms with Crippen LogP contribution in [0.5, 0.6) is 0 Å². The van der Waals surface area contributed by atoms with Gasteiger partial charge in [-0.3, -0.25) is 4.79 Å². The fourth-order valence-electron chi connectivity index (χ4n) is 2.43. The quantitative estimate of drug-likeness (QED) is 0.734. The highest BCUT2D eigenvalue weighted by Crippen LogP contribution is 2.11. The number of rotatable bonds is 8. The van der Waals surface area contributed by atoms with E-state index in [-0.39, 0.29) is 11.9 Å². The fraction of sp³-hybridized carbons (Fsp3) is 0.933. The van der Waals surface area contributed by atoms with E-state index in [1.54, 1.807) is 0 Å². The van der Waals surface area contributed by atoms with Gasteiger partial charge >= 0.3 is 0 Å². The smallest absolute Gasteiger partial charge is 0.239 e. The van der Waals surface area contributed by atoms with Crippen LogP contribution in [0.4, 0.5) is 0 Å². The molecule has 4 nitrogen and oxygen atoms in total. The van der Waals surface area contributed by atoms with E-state index in [0.717, 1.165) is 19.6 Å². The zero-order chi connectivity index (χ0) is 14.1. The Morgan fingerprint density at radius 2 is 2.00 bits per heavy atom. The van der Waals surface area contributed by atoms with Crippen molar-refractivity contribution in [2.75, 3.05) is 32.8 Å². The van der Waals surface area contributed by atoms with Crippen molar-refractivity contribution < 1.29 is 9.53 Å². The van der Waals surface area contributed by atoms with Crippen LogP contribution >= 0.6 is 0 Å². The van der Waals surface area contributed by atoms with Crippen LogP contribution < -0.4 is 5.32 Å². The largest absolute Gasteiger partial charge is 0.378 e. The van der Waals surface area contributed by atoms with E-state index in [1.165, 1.54) is 25.7 Å². The third kappa shape index (κ3) is 5.91. The molecule has 0 bridgehead atoms. The van der Waals surface area contributed by atoms with Crippen LogP contribution in [-0.2, 0) is 9.53 Å². The summed E-state index contributed by atoms with van der Waals surface area (Å²) in [5, 5.41) is 3.41. The third-order valence-corrected chi connectivity index (χ3v) is 3.95. The lowest BCUT2D eigenvalue weighted by atomic mass is 9.99. The number of amides is 1. The second-order valence-corrected chi connectivity index (χ2v) is 5.48. The molecular formula is C15H30N2O2. The number of unbranched alkanes of at least 4 members (excludes halogenated alkanes) is 1. The van der Waals surface area contributed by atoms with Gasteiger partial charge in [-0.1, -0.05) is 33.1 Å². The number of morpholine rings is 1. The minimum absolute atomic E-state index is 0.0752. The first-order chi connectivity index (χ1) is 9.19. The van der Waals surface area contributed by atoms with Gasteiger partial charge in [0.15, 0.2) is 0 Å². The van der Waals surface area contributed by atoms with E-state index < -0.39 is 0 Å². The van der Waals surface area contributed by atoms with Gasteiger partial charge in [-0.15, -0.1) is 0 Å². The molecule has 0 radical (unpaired) electrons. The minimum atomic E-state index is -0.0752. The van der Waals surface area contributed by atoms with Crippen molar-refractivity contribution in [2.45, 2.75) is 52.5 Å². The molecule has 0 spiro atoms. The Hall–Kier alpha value is -0.610. The van der Waals surface area contributed by atoms with Gasteiger partial charge in [-0.05, 0) is 25.8 Å².